The second kappa shape index (κ2) is 11.8. The van der Waals surface area contributed by atoms with Gasteiger partial charge in [0.2, 0.25) is 0 Å². The van der Waals surface area contributed by atoms with Crippen molar-refractivity contribution < 1.29 is 0 Å². The summed E-state index contributed by atoms with van der Waals surface area (Å²) in [6.45, 7) is 18.0. The van der Waals surface area contributed by atoms with Crippen molar-refractivity contribution in [3.63, 3.8) is 0 Å². The quantitative estimate of drug-likeness (QED) is 0.446. The molecule has 3 unspecified atom stereocenters. The molecule has 0 amide bonds. The van der Waals surface area contributed by atoms with Crippen LogP contribution in [-0.2, 0) is 0 Å². The Hall–Kier alpha value is -0.0400. The maximum absolute atomic E-state index is 2.73. The lowest BCUT2D eigenvalue weighted by Gasteiger charge is -2.26. The van der Waals surface area contributed by atoms with Gasteiger partial charge in [0.05, 0.1) is 0 Å². The summed E-state index contributed by atoms with van der Waals surface area (Å²) in [5, 5.41) is 0. The third-order valence-electron chi connectivity index (χ3n) is 4.91. The molecule has 3 atom stereocenters. The number of nitrogens with zero attached hydrogens (tertiary/aromatic N) is 1. The summed E-state index contributed by atoms with van der Waals surface area (Å²) >= 11 is 0. The molecular weight excluding hydrogens is 230 g/mol. The maximum atomic E-state index is 2.73. The molecule has 0 heterocycles. The SMILES string of the molecule is CCC(C)CCN(CCC(C)CC)CCC(C)CC. The smallest absolute Gasteiger partial charge is 0.00162 e. The minimum absolute atomic E-state index is 0.884. The molecule has 0 N–H and O–H groups in total. The molecule has 19 heavy (non-hydrogen) atoms. The highest BCUT2D eigenvalue weighted by atomic mass is 15.1. The topological polar surface area (TPSA) is 3.24 Å². The molecule has 0 saturated carbocycles. The van der Waals surface area contributed by atoms with Crippen LogP contribution in [0, 0.1) is 17.8 Å². The van der Waals surface area contributed by atoms with Crippen LogP contribution < -0.4 is 0 Å². The predicted octanol–water partition coefficient (Wildman–Crippen LogP) is 5.60. The third kappa shape index (κ3) is 10.4. The molecule has 0 saturated heterocycles. The van der Waals surface area contributed by atoms with Gasteiger partial charge in [0, 0.05) is 0 Å². The minimum atomic E-state index is 0.884. The summed E-state index contributed by atoms with van der Waals surface area (Å²) in [5.74, 6) is 2.65. The van der Waals surface area contributed by atoms with Gasteiger partial charge in [-0.2, -0.15) is 0 Å². The van der Waals surface area contributed by atoms with E-state index in [0.717, 1.165) is 17.8 Å². The summed E-state index contributed by atoms with van der Waals surface area (Å²) in [6, 6.07) is 0. The zero-order valence-corrected chi connectivity index (χ0v) is 14.5. The van der Waals surface area contributed by atoms with Gasteiger partial charge in [-0.25, -0.2) is 0 Å². The van der Waals surface area contributed by atoms with Gasteiger partial charge in [-0.1, -0.05) is 60.8 Å². The zero-order valence-electron chi connectivity index (χ0n) is 14.5. The van der Waals surface area contributed by atoms with E-state index in [0.29, 0.717) is 0 Å². The van der Waals surface area contributed by atoms with Gasteiger partial charge >= 0.3 is 0 Å². The Morgan fingerprint density at radius 3 is 1.05 bits per heavy atom. The van der Waals surface area contributed by atoms with E-state index in [4.69, 9.17) is 0 Å². The lowest BCUT2D eigenvalue weighted by atomic mass is 10.0. The average Bonchev–Trinajstić information content (AvgIpc) is 2.44. The van der Waals surface area contributed by atoms with Crippen LogP contribution >= 0.6 is 0 Å². The van der Waals surface area contributed by atoms with Crippen LogP contribution in [0.2, 0.25) is 0 Å². The molecule has 1 nitrogen and oxygen atoms in total. The van der Waals surface area contributed by atoms with E-state index in [-0.39, 0.29) is 0 Å². The molecular formula is C18H39N. The molecule has 0 rings (SSSR count). The molecule has 0 spiro atoms. The lowest BCUT2D eigenvalue weighted by Crippen LogP contribution is -2.30. The van der Waals surface area contributed by atoms with Crippen molar-refractivity contribution in [2.24, 2.45) is 17.8 Å². The fourth-order valence-corrected chi connectivity index (χ4v) is 2.16. The fraction of sp³-hybridized carbons (Fsp3) is 1.00. The van der Waals surface area contributed by atoms with Crippen molar-refractivity contribution in [2.75, 3.05) is 19.6 Å². The Morgan fingerprint density at radius 2 is 0.842 bits per heavy atom. The minimum Gasteiger partial charge on any atom is -0.303 e. The highest BCUT2D eigenvalue weighted by Crippen LogP contribution is 2.14. The van der Waals surface area contributed by atoms with Crippen LogP contribution in [0.3, 0.4) is 0 Å². The van der Waals surface area contributed by atoms with Crippen LogP contribution in [-0.4, -0.2) is 24.5 Å². The molecule has 0 aromatic rings. The van der Waals surface area contributed by atoms with Gasteiger partial charge in [0.15, 0.2) is 0 Å². The normalized spacial score (nSPS) is 16.6. The summed E-state index contributed by atoms with van der Waals surface area (Å²) in [4.78, 5) is 2.73. The maximum Gasteiger partial charge on any atom is -0.00162 e. The van der Waals surface area contributed by atoms with Crippen LogP contribution in [0.1, 0.15) is 80.1 Å². The van der Waals surface area contributed by atoms with Gasteiger partial charge in [-0.05, 0) is 56.7 Å². The van der Waals surface area contributed by atoms with Crippen molar-refractivity contribution in [2.45, 2.75) is 80.1 Å². The molecule has 0 bridgehead atoms. The van der Waals surface area contributed by atoms with E-state index >= 15 is 0 Å². The highest BCUT2D eigenvalue weighted by Gasteiger charge is 2.10. The predicted molar refractivity (Wildman–Crippen MR) is 88.7 cm³/mol. The molecule has 0 aliphatic rings. The first kappa shape index (κ1) is 19.0. The van der Waals surface area contributed by atoms with E-state index in [9.17, 15) is 0 Å². The van der Waals surface area contributed by atoms with Crippen molar-refractivity contribution in [3.8, 4) is 0 Å². The Morgan fingerprint density at radius 1 is 0.579 bits per heavy atom. The van der Waals surface area contributed by atoms with E-state index in [1.807, 2.05) is 0 Å². The van der Waals surface area contributed by atoms with Crippen molar-refractivity contribution >= 4 is 0 Å². The molecule has 0 aliphatic heterocycles. The average molecular weight is 270 g/mol. The van der Waals surface area contributed by atoms with E-state index in [1.165, 1.54) is 58.2 Å². The molecule has 116 valence electrons. The fourth-order valence-electron chi connectivity index (χ4n) is 2.16. The zero-order chi connectivity index (χ0) is 14.7. The molecule has 0 aromatic carbocycles. The lowest BCUT2D eigenvalue weighted by molar-refractivity contribution is 0.221. The van der Waals surface area contributed by atoms with E-state index in [1.54, 1.807) is 0 Å². The van der Waals surface area contributed by atoms with Crippen molar-refractivity contribution in [1.29, 1.82) is 0 Å². The Labute approximate surface area is 123 Å². The molecule has 0 aromatic heterocycles. The van der Waals surface area contributed by atoms with Gasteiger partial charge in [0.1, 0.15) is 0 Å². The van der Waals surface area contributed by atoms with Crippen LogP contribution in [0.5, 0.6) is 0 Å². The molecule has 0 fully saturated rings. The number of hydrogen-bond acceptors (Lipinski definition) is 1. The van der Waals surface area contributed by atoms with Crippen LogP contribution in [0.15, 0.2) is 0 Å². The Kier molecular flexibility index (Phi) is 11.7. The standard InChI is InChI=1S/C18H39N/c1-7-16(4)10-13-19(14-11-17(5)8-2)15-12-18(6)9-3/h16-18H,7-15H2,1-6H3. The van der Waals surface area contributed by atoms with E-state index in [2.05, 4.69) is 46.4 Å². The second-order valence-electron chi connectivity index (χ2n) is 6.75. The van der Waals surface area contributed by atoms with Crippen LogP contribution in [0.4, 0.5) is 0 Å². The number of rotatable bonds is 12. The summed E-state index contributed by atoms with van der Waals surface area (Å²) in [7, 11) is 0. The van der Waals surface area contributed by atoms with Gasteiger partial charge < -0.3 is 4.90 Å². The highest BCUT2D eigenvalue weighted by molar-refractivity contribution is 4.64. The van der Waals surface area contributed by atoms with Crippen molar-refractivity contribution in [1.82, 2.24) is 4.90 Å². The van der Waals surface area contributed by atoms with Gasteiger partial charge in [0.25, 0.3) is 0 Å². The summed E-state index contributed by atoms with van der Waals surface area (Å²) in [5.41, 5.74) is 0. The first-order valence-corrected chi connectivity index (χ1v) is 8.75. The Balaban J connectivity index is 4.06. The molecule has 1 heteroatoms. The Bertz CT molecular complexity index is 157. The first-order valence-electron chi connectivity index (χ1n) is 8.75. The monoisotopic (exact) mass is 269 g/mol. The first-order chi connectivity index (χ1) is 9.03. The largest absolute Gasteiger partial charge is 0.303 e. The molecule has 0 radical (unpaired) electrons. The van der Waals surface area contributed by atoms with Crippen LogP contribution in [0.25, 0.3) is 0 Å². The van der Waals surface area contributed by atoms with E-state index < -0.39 is 0 Å². The third-order valence-corrected chi connectivity index (χ3v) is 4.91. The molecule has 0 aliphatic carbocycles. The van der Waals surface area contributed by atoms with Crippen molar-refractivity contribution in [3.05, 3.63) is 0 Å². The second-order valence-corrected chi connectivity index (χ2v) is 6.75. The number of hydrogen-bond donors (Lipinski definition) is 0. The van der Waals surface area contributed by atoms with Gasteiger partial charge in [-0.3, -0.25) is 0 Å². The summed E-state index contributed by atoms with van der Waals surface area (Å²) < 4.78 is 0. The summed E-state index contributed by atoms with van der Waals surface area (Å²) in [6.07, 6.45) is 8.09. The van der Waals surface area contributed by atoms with Gasteiger partial charge in [-0.15, -0.1) is 0 Å².